The molecule has 1 atom stereocenters. The molecule has 0 aliphatic rings. The van der Waals surface area contributed by atoms with Gasteiger partial charge in [0.15, 0.2) is 0 Å². The largest absolute Gasteiger partial charge is 0.313 e. The number of rotatable bonds is 4. The first-order valence-electron chi connectivity index (χ1n) is 6.59. The molecule has 0 aliphatic heterocycles. The molecule has 0 heterocycles. The third-order valence-corrected chi connectivity index (χ3v) is 3.92. The van der Waals surface area contributed by atoms with Crippen molar-refractivity contribution in [2.24, 2.45) is 0 Å². The van der Waals surface area contributed by atoms with E-state index in [0.717, 1.165) is 17.0 Å². The molecule has 19 heavy (non-hydrogen) atoms. The zero-order valence-corrected chi connectivity index (χ0v) is 12.5. The second-order valence-corrected chi connectivity index (χ2v) is 5.45. The number of likely N-dealkylation sites (N-methyl/N-ethyl adjacent to an activating group) is 1. The van der Waals surface area contributed by atoms with E-state index in [1.165, 1.54) is 16.7 Å². The molecule has 2 heteroatoms. The van der Waals surface area contributed by atoms with Crippen LogP contribution < -0.4 is 5.32 Å². The summed E-state index contributed by atoms with van der Waals surface area (Å²) < 4.78 is 0. The van der Waals surface area contributed by atoms with Gasteiger partial charge in [-0.2, -0.15) is 0 Å². The van der Waals surface area contributed by atoms with Gasteiger partial charge in [0.2, 0.25) is 0 Å². The molecule has 1 N–H and O–H groups in total. The minimum Gasteiger partial charge on any atom is -0.313 e. The lowest BCUT2D eigenvalue weighted by molar-refractivity contribution is 0.591. The fourth-order valence-corrected chi connectivity index (χ4v) is 2.35. The molecular weight excluding hydrogens is 254 g/mol. The van der Waals surface area contributed by atoms with E-state index in [9.17, 15) is 0 Å². The van der Waals surface area contributed by atoms with Crippen LogP contribution in [0.2, 0.25) is 5.02 Å². The van der Waals surface area contributed by atoms with E-state index in [0.29, 0.717) is 6.04 Å². The maximum absolute atomic E-state index is 6.09. The van der Waals surface area contributed by atoms with Crippen LogP contribution in [0.5, 0.6) is 0 Å². The zero-order valence-electron chi connectivity index (χ0n) is 11.7. The Morgan fingerprint density at radius 1 is 1.05 bits per heavy atom. The van der Waals surface area contributed by atoms with Crippen LogP contribution in [-0.4, -0.2) is 7.05 Å². The van der Waals surface area contributed by atoms with Gasteiger partial charge in [-0.1, -0.05) is 53.6 Å². The standard InChI is InChI=1S/C17H20ClN/c1-12-4-6-14(7-5-12)11-17(19-3)15-8-9-16(18)13(2)10-15/h4-10,17,19H,11H2,1-3H3. The maximum Gasteiger partial charge on any atom is 0.0435 e. The Labute approximate surface area is 120 Å². The van der Waals surface area contributed by atoms with Gasteiger partial charge >= 0.3 is 0 Å². The first-order valence-corrected chi connectivity index (χ1v) is 6.97. The highest BCUT2D eigenvalue weighted by atomic mass is 35.5. The highest BCUT2D eigenvalue weighted by Crippen LogP contribution is 2.23. The minimum absolute atomic E-state index is 0.318. The summed E-state index contributed by atoms with van der Waals surface area (Å²) in [5.74, 6) is 0. The van der Waals surface area contributed by atoms with E-state index < -0.39 is 0 Å². The predicted octanol–water partition coefficient (Wildman–Crippen LogP) is 4.46. The monoisotopic (exact) mass is 273 g/mol. The van der Waals surface area contributed by atoms with Crippen LogP contribution in [0.4, 0.5) is 0 Å². The van der Waals surface area contributed by atoms with Crippen molar-refractivity contribution < 1.29 is 0 Å². The van der Waals surface area contributed by atoms with E-state index in [1.54, 1.807) is 0 Å². The Morgan fingerprint density at radius 3 is 2.32 bits per heavy atom. The fourth-order valence-electron chi connectivity index (χ4n) is 2.23. The first-order chi connectivity index (χ1) is 9.10. The number of aryl methyl sites for hydroxylation is 2. The summed E-state index contributed by atoms with van der Waals surface area (Å²) in [5, 5.41) is 4.21. The molecule has 2 aromatic carbocycles. The van der Waals surface area contributed by atoms with Gasteiger partial charge in [-0.15, -0.1) is 0 Å². The second kappa shape index (κ2) is 6.23. The molecule has 0 amide bonds. The van der Waals surface area contributed by atoms with E-state index in [4.69, 9.17) is 11.6 Å². The zero-order chi connectivity index (χ0) is 13.8. The number of benzene rings is 2. The van der Waals surface area contributed by atoms with Gasteiger partial charge in [0.25, 0.3) is 0 Å². The summed E-state index contributed by atoms with van der Waals surface area (Å²) in [6.45, 7) is 4.16. The van der Waals surface area contributed by atoms with Crippen LogP contribution in [-0.2, 0) is 6.42 Å². The molecule has 0 saturated heterocycles. The summed E-state index contributed by atoms with van der Waals surface area (Å²) in [6, 6.07) is 15.3. The Balaban J connectivity index is 2.19. The fraction of sp³-hybridized carbons (Fsp3) is 0.294. The Hall–Kier alpha value is -1.31. The van der Waals surface area contributed by atoms with Gasteiger partial charge in [-0.25, -0.2) is 0 Å². The molecule has 2 aromatic rings. The molecule has 100 valence electrons. The molecule has 1 nitrogen and oxygen atoms in total. The topological polar surface area (TPSA) is 12.0 Å². The van der Waals surface area contributed by atoms with Crippen molar-refractivity contribution in [3.63, 3.8) is 0 Å². The Kier molecular flexibility index (Phi) is 4.62. The van der Waals surface area contributed by atoms with Crippen molar-refractivity contribution in [2.75, 3.05) is 7.05 Å². The molecule has 0 bridgehead atoms. The SMILES string of the molecule is CNC(Cc1ccc(C)cc1)c1ccc(Cl)c(C)c1. The highest BCUT2D eigenvalue weighted by Gasteiger charge is 2.11. The Morgan fingerprint density at radius 2 is 1.74 bits per heavy atom. The summed E-state index contributed by atoms with van der Waals surface area (Å²) in [6.07, 6.45) is 0.984. The molecule has 2 rings (SSSR count). The molecule has 0 aromatic heterocycles. The van der Waals surface area contributed by atoms with E-state index in [2.05, 4.69) is 48.6 Å². The summed E-state index contributed by atoms with van der Waals surface area (Å²) in [5.41, 5.74) is 5.05. The molecule has 1 unspecified atom stereocenters. The summed E-state index contributed by atoms with van der Waals surface area (Å²) >= 11 is 6.09. The Bertz CT molecular complexity index is 546. The lowest BCUT2D eigenvalue weighted by Gasteiger charge is -2.18. The van der Waals surface area contributed by atoms with E-state index >= 15 is 0 Å². The van der Waals surface area contributed by atoms with Crippen molar-refractivity contribution in [3.05, 3.63) is 69.7 Å². The third-order valence-electron chi connectivity index (χ3n) is 3.49. The molecule has 0 aliphatic carbocycles. The van der Waals surface area contributed by atoms with E-state index in [-0.39, 0.29) is 0 Å². The van der Waals surface area contributed by atoms with Gasteiger partial charge < -0.3 is 5.32 Å². The normalized spacial score (nSPS) is 12.4. The highest BCUT2D eigenvalue weighted by molar-refractivity contribution is 6.31. The van der Waals surface area contributed by atoms with Crippen LogP contribution in [0.3, 0.4) is 0 Å². The average Bonchev–Trinajstić information content (AvgIpc) is 2.41. The van der Waals surface area contributed by atoms with Crippen molar-refractivity contribution in [2.45, 2.75) is 26.3 Å². The molecule has 0 saturated carbocycles. The summed E-state index contributed by atoms with van der Waals surface area (Å²) in [7, 11) is 2.00. The lowest BCUT2D eigenvalue weighted by Crippen LogP contribution is -2.18. The van der Waals surface area contributed by atoms with Gasteiger partial charge in [-0.05, 0) is 50.1 Å². The molecule has 0 fully saturated rings. The smallest absolute Gasteiger partial charge is 0.0435 e. The van der Waals surface area contributed by atoms with Crippen LogP contribution in [0.15, 0.2) is 42.5 Å². The molecule has 0 spiro atoms. The van der Waals surface area contributed by atoms with Crippen molar-refractivity contribution in [1.29, 1.82) is 0 Å². The van der Waals surface area contributed by atoms with Gasteiger partial charge in [0.05, 0.1) is 0 Å². The van der Waals surface area contributed by atoms with Crippen molar-refractivity contribution >= 4 is 11.6 Å². The first kappa shape index (κ1) is 14.1. The number of hydrogen-bond acceptors (Lipinski definition) is 1. The van der Waals surface area contributed by atoms with Crippen molar-refractivity contribution in [1.82, 2.24) is 5.32 Å². The lowest BCUT2D eigenvalue weighted by atomic mass is 9.97. The predicted molar refractivity (Wildman–Crippen MR) is 82.9 cm³/mol. The van der Waals surface area contributed by atoms with Crippen LogP contribution in [0.25, 0.3) is 0 Å². The second-order valence-electron chi connectivity index (χ2n) is 5.04. The van der Waals surface area contributed by atoms with Gasteiger partial charge in [0, 0.05) is 11.1 Å². The van der Waals surface area contributed by atoms with Gasteiger partial charge in [0.1, 0.15) is 0 Å². The van der Waals surface area contributed by atoms with Crippen LogP contribution >= 0.6 is 11.6 Å². The van der Waals surface area contributed by atoms with Crippen LogP contribution in [0.1, 0.15) is 28.3 Å². The van der Waals surface area contributed by atoms with Crippen molar-refractivity contribution in [3.8, 4) is 0 Å². The average molecular weight is 274 g/mol. The van der Waals surface area contributed by atoms with Crippen LogP contribution in [0, 0.1) is 13.8 Å². The van der Waals surface area contributed by atoms with E-state index in [1.807, 2.05) is 20.0 Å². The minimum atomic E-state index is 0.318. The third kappa shape index (κ3) is 3.59. The number of hydrogen-bond donors (Lipinski definition) is 1. The van der Waals surface area contributed by atoms with Gasteiger partial charge in [-0.3, -0.25) is 0 Å². The molecular formula is C17H20ClN. The maximum atomic E-state index is 6.09. The summed E-state index contributed by atoms with van der Waals surface area (Å²) in [4.78, 5) is 0. The number of nitrogens with one attached hydrogen (secondary N) is 1. The quantitative estimate of drug-likeness (QED) is 0.867. The molecule has 0 radical (unpaired) electrons. The number of halogens is 1.